The second-order valence-electron chi connectivity index (χ2n) is 8.12. The normalized spacial score (nSPS) is 23.2. The predicted molar refractivity (Wildman–Crippen MR) is 118 cm³/mol. The van der Waals surface area contributed by atoms with Gasteiger partial charge in [-0.05, 0) is 37.7 Å². The lowest BCUT2D eigenvalue weighted by molar-refractivity contribution is -0.112. The summed E-state index contributed by atoms with van der Waals surface area (Å²) in [5.41, 5.74) is 0.188. The maximum atomic E-state index is 12.7. The Hall–Kier alpha value is -3.72. The first-order valence-electron chi connectivity index (χ1n) is 9.77. The van der Waals surface area contributed by atoms with Gasteiger partial charge in [-0.2, -0.15) is 5.26 Å². The van der Waals surface area contributed by atoms with Crippen LogP contribution in [0.4, 0.5) is 16.0 Å². The molecule has 0 aromatic carbocycles. The van der Waals surface area contributed by atoms with Gasteiger partial charge in [0.15, 0.2) is 5.76 Å². The van der Waals surface area contributed by atoms with Crippen LogP contribution in [0.5, 0.6) is 5.75 Å². The number of carbonyl (C=O) groups is 1. The molecule has 2 bridgehead atoms. The van der Waals surface area contributed by atoms with Crippen molar-refractivity contribution in [1.29, 1.82) is 10.7 Å². The van der Waals surface area contributed by atoms with Gasteiger partial charge in [-0.1, -0.05) is 11.3 Å². The second-order valence-corrected chi connectivity index (χ2v) is 9.10. The van der Waals surface area contributed by atoms with Gasteiger partial charge in [-0.25, -0.2) is 4.79 Å². The molecule has 3 fully saturated rings. The van der Waals surface area contributed by atoms with E-state index in [1.165, 1.54) is 13.2 Å². The third-order valence-corrected chi connectivity index (χ3v) is 6.37. The first-order valence-corrected chi connectivity index (χ1v) is 10.6. The van der Waals surface area contributed by atoms with Crippen molar-refractivity contribution in [2.75, 3.05) is 23.1 Å². The minimum atomic E-state index is -0.770. The summed E-state index contributed by atoms with van der Waals surface area (Å²) in [7, 11) is 1.36. The third kappa shape index (κ3) is 3.94. The Kier molecular flexibility index (Phi) is 5.43. The zero-order valence-electron chi connectivity index (χ0n) is 17.4. The average molecular weight is 456 g/mol. The van der Waals surface area contributed by atoms with Crippen LogP contribution in [-0.4, -0.2) is 35.0 Å². The van der Waals surface area contributed by atoms with Gasteiger partial charge in [-0.15, -0.1) is 10.2 Å². The minimum absolute atomic E-state index is 0.00327. The molecule has 2 aromatic rings. The number of anilines is 3. The van der Waals surface area contributed by atoms with E-state index in [0.29, 0.717) is 22.9 Å². The van der Waals surface area contributed by atoms with E-state index < -0.39 is 11.5 Å². The molecule has 0 spiro atoms. The van der Waals surface area contributed by atoms with Gasteiger partial charge < -0.3 is 25.2 Å². The Bertz CT molecular complexity index is 1190. The number of hydrogen-bond acceptors (Lipinski definition) is 11. The summed E-state index contributed by atoms with van der Waals surface area (Å²) in [6, 6.07) is 3.66. The van der Waals surface area contributed by atoms with Crippen molar-refractivity contribution in [3.8, 4) is 11.8 Å². The van der Waals surface area contributed by atoms with E-state index in [9.17, 15) is 9.59 Å². The van der Waals surface area contributed by atoms with Crippen LogP contribution in [0.25, 0.3) is 0 Å². The molecule has 2 heterocycles. The van der Waals surface area contributed by atoms with E-state index in [1.807, 2.05) is 0 Å². The fourth-order valence-electron chi connectivity index (χ4n) is 4.47. The number of allylic oxidation sites excluding steroid dienone is 2. The molecule has 0 saturated heterocycles. The van der Waals surface area contributed by atoms with E-state index in [-0.39, 0.29) is 27.6 Å². The summed E-state index contributed by atoms with van der Waals surface area (Å²) in [5, 5.41) is 33.3. The molecule has 0 aliphatic heterocycles. The van der Waals surface area contributed by atoms with Gasteiger partial charge in [0.1, 0.15) is 0 Å². The molecule has 3 saturated carbocycles. The van der Waals surface area contributed by atoms with Crippen LogP contribution in [-0.2, 0) is 0 Å². The van der Waals surface area contributed by atoms with Crippen molar-refractivity contribution in [3.63, 3.8) is 0 Å². The number of methoxy groups -OCH3 is 1. The summed E-state index contributed by atoms with van der Waals surface area (Å²) < 4.78 is 10.3. The number of aromatic nitrogens is 2. The van der Waals surface area contributed by atoms with Crippen LogP contribution in [0.1, 0.15) is 43.2 Å². The van der Waals surface area contributed by atoms with Crippen molar-refractivity contribution >= 4 is 39.4 Å². The predicted octanol–water partition coefficient (Wildman–Crippen LogP) is 2.97. The standard InChI is InChI=1S/C20H21N7O4S/c1-11(3-5-21)23-17-26-27-18(32-17)24-15(28)13-7-12(14(30-2)16(29)31-13)25-20-8-19(9-20,10-20)4-6-22/h3,5,7,21,25H,4,8-10H2,1-2H3,(H,23,26)(H,24,27,28)/b11-3-,21-5?. The Morgan fingerprint density at radius 3 is 2.69 bits per heavy atom. The highest BCUT2D eigenvalue weighted by molar-refractivity contribution is 7.19. The van der Waals surface area contributed by atoms with Gasteiger partial charge in [0.05, 0.1) is 18.9 Å². The lowest BCUT2D eigenvalue weighted by atomic mass is 9.38. The smallest absolute Gasteiger partial charge is 0.381 e. The Labute approximate surface area is 187 Å². The molecule has 5 rings (SSSR count). The van der Waals surface area contributed by atoms with Gasteiger partial charge in [0.2, 0.25) is 16.0 Å². The molecule has 0 atom stereocenters. The number of amides is 1. The molecule has 0 radical (unpaired) electrons. The number of hydrogen-bond donors (Lipinski definition) is 4. The van der Waals surface area contributed by atoms with E-state index in [0.717, 1.165) is 36.8 Å². The van der Waals surface area contributed by atoms with Gasteiger partial charge in [0, 0.05) is 29.9 Å². The molecule has 2 aromatic heterocycles. The highest BCUT2D eigenvalue weighted by atomic mass is 32.1. The molecule has 3 aliphatic carbocycles. The van der Waals surface area contributed by atoms with Crippen molar-refractivity contribution in [2.45, 2.75) is 38.1 Å². The van der Waals surface area contributed by atoms with Gasteiger partial charge in [0.25, 0.3) is 5.91 Å². The lowest BCUT2D eigenvalue weighted by Crippen LogP contribution is -2.70. The Balaban J connectivity index is 1.48. The Morgan fingerprint density at radius 2 is 2.06 bits per heavy atom. The largest absolute Gasteiger partial charge is 0.488 e. The molecular weight excluding hydrogens is 434 g/mol. The summed E-state index contributed by atoms with van der Waals surface area (Å²) in [6.07, 6.45) is 5.72. The second kappa shape index (κ2) is 8.08. The summed E-state index contributed by atoms with van der Waals surface area (Å²) in [4.78, 5) is 25.1. The minimum Gasteiger partial charge on any atom is -0.488 e. The number of carbonyl (C=O) groups excluding carboxylic acids is 1. The number of nitrogens with one attached hydrogen (secondary N) is 4. The molecule has 1 amide bonds. The topological polar surface area (TPSA) is 166 Å². The van der Waals surface area contributed by atoms with Crippen molar-refractivity contribution < 1.29 is 13.9 Å². The van der Waals surface area contributed by atoms with E-state index in [4.69, 9.17) is 19.8 Å². The van der Waals surface area contributed by atoms with Crippen LogP contribution in [0.2, 0.25) is 0 Å². The fourth-order valence-corrected chi connectivity index (χ4v) is 5.17. The zero-order chi connectivity index (χ0) is 22.9. The summed E-state index contributed by atoms with van der Waals surface area (Å²) in [5.74, 6) is -0.849. The number of nitriles is 1. The van der Waals surface area contributed by atoms with Crippen LogP contribution in [0.3, 0.4) is 0 Å². The van der Waals surface area contributed by atoms with E-state index >= 15 is 0 Å². The van der Waals surface area contributed by atoms with Gasteiger partial charge in [-0.3, -0.25) is 10.1 Å². The molecule has 12 heteroatoms. The maximum Gasteiger partial charge on any atom is 0.381 e. The molecule has 32 heavy (non-hydrogen) atoms. The van der Waals surface area contributed by atoms with Crippen molar-refractivity contribution in [3.05, 3.63) is 34.0 Å². The third-order valence-electron chi connectivity index (χ3n) is 5.61. The SMILES string of the molecule is COc1c(NC23CC(CC#N)(C2)C3)cc(C(=O)Nc2nnc(N/C(C)=C\C=N)s2)oc1=O. The first-order chi connectivity index (χ1) is 15.3. The van der Waals surface area contributed by atoms with Crippen LogP contribution in [0.15, 0.2) is 27.1 Å². The monoisotopic (exact) mass is 455 g/mol. The maximum absolute atomic E-state index is 12.7. The fraction of sp³-hybridized carbons (Fsp3) is 0.400. The highest BCUT2D eigenvalue weighted by Gasteiger charge is 2.67. The average Bonchev–Trinajstić information content (AvgIpc) is 3.11. The van der Waals surface area contributed by atoms with E-state index in [1.54, 1.807) is 13.0 Å². The van der Waals surface area contributed by atoms with Crippen LogP contribution >= 0.6 is 11.3 Å². The molecular formula is C20H21N7O4S. The van der Waals surface area contributed by atoms with Gasteiger partial charge >= 0.3 is 5.63 Å². The molecule has 166 valence electrons. The van der Waals surface area contributed by atoms with E-state index in [2.05, 4.69) is 32.2 Å². The molecule has 0 unspecified atom stereocenters. The molecule has 11 nitrogen and oxygen atoms in total. The van der Waals surface area contributed by atoms with Crippen molar-refractivity contribution in [2.24, 2.45) is 5.41 Å². The quantitative estimate of drug-likeness (QED) is 0.416. The summed E-state index contributed by atoms with van der Waals surface area (Å²) >= 11 is 1.09. The number of ether oxygens (including phenoxy) is 1. The molecule has 3 aliphatic rings. The lowest BCUT2D eigenvalue weighted by Gasteiger charge is -2.70. The summed E-state index contributed by atoms with van der Waals surface area (Å²) in [6.45, 7) is 1.76. The zero-order valence-corrected chi connectivity index (χ0v) is 18.3. The van der Waals surface area contributed by atoms with Crippen LogP contribution in [0, 0.1) is 22.2 Å². The number of nitrogens with zero attached hydrogens (tertiary/aromatic N) is 3. The van der Waals surface area contributed by atoms with Crippen molar-refractivity contribution in [1.82, 2.24) is 10.2 Å². The van der Waals surface area contributed by atoms with Crippen LogP contribution < -0.4 is 26.3 Å². The highest BCUT2D eigenvalue weighted by Crippen LogP contribution is 2.70. The molecule has 4 N–H and O–H groups in total. The first kappa shape index (κ1) is 21.5. The number of rotatable bonds is 9. The Morgan fingerprint density at radius 1 is 1.38 bits per heavy atom.